The number of benzene rings is 2. The molecule has 3 aromatic rings. The van der Waals surface area contributed by atoms with E-state index in [0.717, 1.165) is 67.0 Å². The number of carbonyl (C=O) groups excluding carboxylic acids is 1. The van der Waals surface area contributed by atoms with E-state index in [2.05, 4.69) is 74.0 Å². The minimum atomic E-state index is -0.172. The van der Waals surface area contributed by atoms with E-state index in [1.807, 2.05) is 13.0 Å². The van der Waals surface area contributed by atoms with E-state index in [1.165, 1.54) is 11.1 Å². The van der Waals surface area contributed by atoms with Crippen LogP contribution < -0.4 is 9.64 Å². The van der Waals surface area contributed by atoms with Crippen molar-refractivity contribution in [1.29, 1.82) is 0 Å². The van der Waals surface area contributed by atoms with E-state index in [9.17, 15) is 4.79 Å². The minimum absolute atomic E-state index is 0.172. The fourth-order valence-electron chi connectivity index (χ4n) is 4.08. The molecule has 5 heteroatoms. The smallest absolute Gasteiger partial charge is 0.311 e. The van der Waals surface area contributed by atoms with Gasteiger partial charge in [0.15, 0.2) is 0 Å². The van der Waals surface area contributed by atoms with Gasteiger partial charge in [0.25, 0.3) is 0 Å². The molecule has 0 aliphatic carbocycles. The first-order valence-electron chi connectivity index (χ1n) is 12.4. The number of rotatable bonds is 11. The molecule has 0 saturated heterocycles. The molecule has 2 aromatic carbocycles. The Hall–Kier alpha value is -3.21. The first-order chi connectivity index (χ1) is 16.5. The van der Waals surface area contributed by atoms with Gasteiger partial charge in [0, 0.05) is 30.6 Å². The zero-order valence-corrected chi connectivity index (χ0v) is 21.2. The van der Waals surface area contributed by atoms with Gasteiger partial charge in [0.05, 0.1) is 5.69 Å². The Morgan fingerprint density at radius 1 is 0.971 bits per heavy atom. The molecule has 1 heterocycles. The van der Waals surface area contributed by atoms with Gasteiger partial charge in [-0.15, -0.1) is 0 Å². The molecule has 0 N–H and O–H groups in total. The van der Waals surface area contributed by atoms with Crippen molar-refractivity contribution in [1.82, 2.24) is 9.97 Å². The number of aryl methyl sites for hydroxylation is 2. The summed E-state index contributed by atoms with van der Waals surface area (Å²) < 4.78 is 5.61. The van der Waals surface area contributed by atoms with E-state index < -0.39 is 0 Å². The van der Waals surface area contributed by atoms with Crippen molar-refractivity contribution in [2.45, 2.75) is 73.3 Å². The maximum atomic E-state index is 12.0. The Kier molecular flexibility index (Phi) is 9.20. The molecular weight excluding hydrogens is 422 g/mol. The lowest BCUT2D eigenvalue weighted by molar-refractivity contribution is -0.134. The molecule has 0 amide bonds. The number of nitrogens with zero attached hydrogens (tertiary/aromatic N) is 3. The van der Waals surface area contributed by atoms with E-state index in [1.54, 1.807) is 6.33 Å². The zero-order valence-electron chi connectivity index (χ0n) is 21.2. The molecule has 3 rings (SSSR count). The van der Waals surface area contributed by atoms with Gasteiger partial charge in [0.1, 0.15) is 17.9 Å². The molecule has 0 aliphatic heterocycles. The number of ether oxygens (including phenoxy) is 1. The maximum absolute atomic E-state index is 12.0. The zero-order chi connectivity index (χ0) is 24.5. The topological polar surface area (TPSA) is 55.3 Å². The second-order valence-corrected chi connectivity index (χ2v) is 8.83. The molecule has 180 valence electrons. The molecule has 0 unspecified atom stereocenters. The van der Waals surface area contributed by atoms with Crippen LogP contribution in [-0.2, 0) is 17.8 Å². The predicted octanol–water partition coefficient (Wildman–Crippen LogP) is 6.84. The highest BCUT2D eigenvalue weighted by molar-refractivity contribution is 5.73. The van der Waals surface area contributed by atoms with E-state index in [-0.39, 0.29) is 5.97 Å². The van der Waals surface area contributed by atoms with Crippen molar-refractivity contribution in [2.24, 2.45) is 0 Å². The molecule has 34 heavy (non-hydrogen) atoms. The third kappa shape index (κ3) is 6.43. The number of hydrogen-bond acceptors (Lipinski definition) is 5. The van der Waals surface area contributed by atoms with E-state index in [4.69, 9.17) is 9.72 Å². The highest BCUT2D eigenvalue weighted by Gasteiger charge is 2.17. The number of carbonyl (C=O) groups is 1. The highest BCUT2D eigenvalue weighted by Crippen LogP contribution is 2.29. The molecule has 0 atom stereocenters. The van der Waals surface area contributed by atoms with Gasteiger partial charge in [-0.2, -0.15) is 0 Å². The summed E-state index contributed by atoms with van der Waals surface area (Å²) in [4.78, 5) is 23.7. The van der Waals surface area contributed by atoms with Gasteiger partial charge >= 0.3 is 5.97 Å². The maximum Gasteiger partial charge on any atom is 0.311 e. The Morgan fingerprint density at radius 3 is 2.41 bits per heavy atom. The lowest BCUT2D eigenvalue weighted by Crippen LogP contribution is -2.26. The van der Waals surface area contributed by atoms with Crippen LogP contribution in [0, 0.1) is 13.8 Å². The van der Waals surface area contributed by atoms with Gasteiger partial charge in [-0.3, -0.25) is 4.79 Å². The molecule has 5 nitrogen and oxygen atoms in total. The Morgan fingerprint density at radius 2 is 1.74 bits per heavy atom. The van der Waals surface area contributed by atoms with E-state index >= 15 is 0 Å². The van der Waals surface area contributed by atoms with Crippen LogP contribution in [-0.4, -0.2) is 22.5 Å². The summed E-state index contributed by atoms with van der Waals surface area (Å²) in [6.07, 6.45) is 5.89. The summed E-state index contributed by atoms with van der Waals surface area (Å²) in [7, 11) is 0. The minimum Gasteiger partial charge on any atom is -0.426 e. The fourth-order valence-corrected chi connectivity index (χ4v) is 4.08. The summed E-state index contributed by atoms with van der Waals surface area (Å²) in [5, 5.41) is 0. The van der Waals surface area contributed by atoms with Crippen molar-refractivity contribution in [2.75, 3.05) is 11.4 Å². The number of aromatic nitrogens is 2. The largest absolute Gasteiger partial charge is 0.426 e. The summed E-state index contributed by atoms with van der Waals surface area (Å²) in [5.74, 6) is 1.47. The van der Waals surface area contributed by atoms with Gasteiger partial charge < -0.3 is 9.64 Å². The van der Waals surface area contributed by atoms with Gasteiger partial charge in [-0.25, -0.2) is 9.97 Å². The van der Waals surface area contributed by atoms with Crippen LogP contribution in [0.3, 0.4) is 0 Å². The van der Waals surface area contributed by atoms with E-state index in [0.29, 0.717) is 12.2 Å². The number of unbranched alkanes of at least 4 members (excludes halogenated alkanes) is 1. The quantitative estimate of drug-likeness (QED) is 0.232. The molecule has 1 aromatic heterocycles. The number of esters is 1. The molecule has 0 aliphatic rings. The van der Waals surface area contributed by atoms with Crippen LogP contribution in [0.4, 0.5) is 5.82 Å². The summed E-state index contributed by atoms with van der Waals surface area (Å²) in [6.45, 7) is 12.1. The standard InChI is InChI=1S/C29H37N3O2/c1-6-9-17-32(19-23-13-16-26(24(8-3)18-23)34-27(33)10-7-2)29-22(5)28(30-20-31-29)25-14-11-21(4)12-15-25/h11-16,18,20H,6-10,17,19H2,1-5H3. The van der Waals surface area contributed by atoms with Crippen molar-refractivity contribution >= 4 is 11.8 Å². The third-order valence-corrected chi connectivity index (χ3v) is 6.02. The fraction of sp³-hybridized carbons (Fsp3) is 0.414. The SMILES string of the molecule is CCCCN(Cc1ccc(OC(=O)CCC)c(CC)c1)c1ncnc(-c2ccc(C)cc2)c1C. The van der Waals surface area contributed by atoms with Crippen molar-refractivity contribution in [3.05, 3.63) is 71.0 Å². The second-order valence-electron chi connectivity index (χ2n) is 8.83. The van der Waals surface area contributed by atoms with Crippen molar-refractivity contribution in [3.63, 3.8) is 0 Å². The monoisotopic (exact) mass is 459 g/mol. The molecule has 0 saturated carbocycles. The average Bonchev–Trinajstić information content (AvgIpc) is 2.83. The average molecular weight is 460 g/mol. The van der Waals surface area contributed by atoms with Crippen LogP contribution in [0.5, 0.6) is 5.75 Å². The van der Waals surface area contributed by atoms with Crippen LogP contribution in [0.2, 0.25) is 0 Å². The second kappa shape index (κ2) is 12.3. The normalized spacial score (nSPS) is 10.9. The van der Waals surface area contributed by atoms with Crippen LogP contribution in [0.15, 0.2) is 48.8 Å². The Labute approximate surface area is 204 Å². The molecular formula is C29H37N3O2. The number of anilines is 1. The van der Waals surface area contributed by atoms with Crippen LogP contribution in [0.1, 0.15) is 68.7 Å². The van der Waals surface area contributed by atoms with Gasteiger partial charge in [-0.05, 0) is 50.3 Å². The molecule has 0 spiro atoms. The summed E-state index contributed by atoms with van der Waals surface area (Å²) in [5.41, 5.74) is 6.63. The van der Waals surface area contributed by atoms with Gasteiger partial charge in [-0.1, -0.05) is 69.2 Å². The lowest BCUT2D eigenvalue weighted by atomic mass is 10.0. The summed E-state index contributed by atoms with van der Waals surface area (Å²) >= 11 is 0. The highest BCUT2D eigenvalue weighted by atomic mass is 16.5. The first-order valence-corrected chi connectivity index (χ1v) is 12.4. The molecule has 0 bridgehead atoms. The van der Waals surface area contributed by atoms with Crippen molar-refractivity contribution < 1.29 is 9.53 Å². The van der Waals surface area contributed by atoms with Crippen LogP contribution in [0.25, 0.3) is 11.3 Å². The Balaban J connectivity index is 1.90. The number of hydrogen-bond donors (Lipinski definition) is 0. The first kappa shape index (κ1) is 25.4. The van der Waals surface area contributed by atoms with Crippen LogP contribution >= 0.6 is 0 Å². The summed E-state index contributed by atoms with van der Waals surface area (Å²) in [6, 6.07) is 14.6. The van der Waals surface area contributed by atoms with Gasteiger partial charge in [0.2, 0.25) is 0 Å². The molecule has 0 fully saturated rings. The molecule has 0 radical (unpaired) electrons. The van der Waals surface area contributed by atoms with Crippen molar-refractivity contribution in [3.8, 4) is 17.0 Å². The third-order valence-electron chi connectivity index (χ3n) is 6.02. The predicted molar refractivity (Wildman–Crippen MR) is 139 cm³/mol. The lowest BCUT2D eigenvalue weighted by Gasteiger charge is -2.26. The Bertz CT molecular complexity index is 1090.